The van der Waals surface area contributed by atoms with Gasteiger partial charge >= 0.3 is 0 Å². The lowest BCUT2D eigenvalue weighted by Gasteiger charge is -2.47. The molecule has 272 valence electrons. The third-order valence-corrected chi connectivity index (χ3v) is 14.3. The van der Waals surface area contributed by atoms with Gasteiger partial charge in [-0.15, -0.1) is 0 Å². The molecule has 9 unspecified atom stereocenters. The first-order valence-corrected chi connectivity index (χ1v) is 21.2. The second-order valence-corrected chi connectivity index (χ2v) is 17.2. The van der Waals surface area contributed by atoms with E-state index in [4.69, 9.17) is 0 Å². The largest absolute Gasteiger partial charge is 0.373 e. The van der Waals surface area contributed by atoms with Crippen molar-refractivity contribution in [3.63, 3.8) is 0 Å². The van der Waals surface area contributed by atoms with Crippen molar-refractivity contribution >= 4 is 11.6 Å². The maximum absolute atomic E-state index is 4.16. The lowest BCUT2D eigenvalue weighted by molar-refractivity contribution is 0.100. The van der Waals surface area contributed by atoms with Crippen LogP contribution in [0.1, 0.15) is 90.5 Å². The second-order valence-electron chi connectivity index (χ2n) is 17.2. The fourth-order valence-corrected chi connectivity index (χ4v) is 11.9. The summed E-state index contributed by atoms with van der Waals surface area (Å²) in [6, 6.07) is 10.7. The van der Waals surface area contributed by atoms with Gasteiger partial charge in [0.25, 0.3) is 0 Å². The van der Waals surface area contributed by atoms with Crippen LogP contribution >= 0.6 is 0 Å². The van der Waals surface area contributed by atoms with Crippen molar-refractivity contribution in [2.24, 2.45) is 23.7 Å². The Morgan fingerprint density at radius 2 is 1.63 bits per heavy atom. The minimum atomic E-state index is 0.270. The summed E-state index contributed by atoms with van der Waals surface area (Å²) < 4.78 is 2.73. The molecule has 7 aliphatic carbocycles. The fraction of sp³-hybridized carbons (Fsp3) is 0.373. The van der Waals surface area contributed by atoms with Crippen LogP contribution in [-0.4, -0.2) is 27.7 Å². The van der Waals surface area contributed by atoms with Gasteiger partial charge in [-0.25, -0.2) is 0 Å². The van der Waals surface area contributed by atoms with E-state index in [0.717, 1.165) is 38.5 Å². The van der Waals surface area contributed by atoms with Crippen LogP contribution in [0.25, 0.3) is 11.6 Å². The van der Waals surface area contributed by atoms with Gasteiger partial charge in [0.1, 0.15) is 0 Å². The van der Waals surface area contributed by atoms with Crippen LogP contribution in [0.5, 0.6) is 0 Å². The number of piperidine rings is 1. The summed E-state index contributed by atoms with van der Waals surface area (Å²) in [5, 5.41) is 4.16. The van der Waals surface area contributed by atoms with Crippen LogP contribution in [0.4, 0.5) is 0 Å². The van der Waals surface area contributed by atoms with Gasteiger partial charge in [0.05, 0.1) is 12.2 Å². The number of hydrogen-bond acceptors (Lipinski definition) is 2. The van der Waals surface area contributed by atoms with Crippen molar-refractivity contribution in [2.75, 3.05) is 0 Å². The first-order chi connectivity index (χ1) is 26.8. The molecule has 1 aromatic heterocycles. The molecule has 54 heavy (non-hydrogen) atoms. The summed E-state index contributed by atoms with van der Waals surface area (Å²) >= 11 is 0. The Labute approximate surface area is 322 Å². The molecule has 0 radical (unpaired) electrons. The summed E-state index contributed by atoms with van der Waals surface area (Å²) in [4.78, 5) is 2.87. The van der Waals surface area contributed by atoms with Crippen molar-refractivity contribution in [1.29, 1.82) is 0 Å². The molecule has 3 nitrogen and oxygen atoms in total. The maximum Gasteiger partial charge on any atom is 0.0806 e. The number of rotatable bonds is 5. The Bertz CT molecular complexity index is 2180. The van der Waals surface area contributed by atoms with E-state index in [1.165, 1.54) is 59.3 Å². The summed E-state index contributed by atoms with van der Waals surface area (Å²) in [6.07, 6.45) is 58.0. The highest BCUT2D eigenvalue weighted by atomic mass is 15.3. The highest BCUT2D eigenvalue weighted by Gasteiger charge is 2.51. The number of nitrogens with one attached hydrogen (secondary N) is 1. The van der Waals surface area contributed by atoms with Crippen LogP contribution in [-0.2, 0) is 19.3 Å². The standard InChI is InChI=1S/C51H53N3/c1-3-14-34(15-4-1)35-16-13-17-38(30-35)43-33-51(52-46-23-10-7-20-40(43)46)54-48-25-12-9-22-42(48)45-32-37(27-29-50(45)54)36-26-28-49-44(31-36)41-21-8-11-24-47(41)53(49)39-18-5-2-6-19-39/h2-3,5-7,9-10,12-18,22-23,25-30,32,36,39-40,42-43,45,48,50-52H,1,4,8,11,19-21,24,31,33H2. The van der Waals surface area contributed by atoms with Gasteiger partial charge in [-0.3, -0.25) is 4.90 Å². The van der Waals surface area contributed by atoms with Gasteiger partial charge in [0.15, 0.2) is 0 Å². The van der Waals surface area contributed by atoms with Gasteiger partial charge in [0.2, 0.25) is 0 Å². The fourth-order valence-electron chi connectivity index (χ4n) is 11.9. The van der Waals surface area contributed by atoms with Crippen LogP contribution in [0.3, 0.4) is 0 Å². The molecular weight excluding hydrogens is 655 g/mol. The first kappa shape index (κ1) is 32.8. The Balaban J connectivity index is 0.898. The SMILES string of the molecule is C1=CCC2C(=C1)NC(N1C3C=CC=CC3C3C=C(C4C=Cc5c(c6c(n5C5C=CC=CC5)CCCC6)C4)C=CC31)CC2c1cccc(C2=CCCC=C2)c1. The van der Waals surface area contributed by atoms with E-state index in [9.17, 15) is 0 Å². The van der Waals surface area contributed by atoms with Crippen molar-refractivity contribution in [2.45, 2.75) is 94.4 Å². The molecule has 2 saturated heterocycles. The second kappa shape index (κ2) is 13.6. The predicted octanol–water partition coefficient (Wildman–Crippen LogP) is 10.8. The van der Waals surface area contributed by atoms with E-state index in [1.54, 1.807) is 16.8 Å². The molecule has 2 fully saturated rings. The summed E-state index contributed by atoms with van der Waals surface area (Å²) in [6.45, 7) is 0. The van der Waals surface area contributed by atoms with Crippen molar-refractivity contribution < 1.29 is 0 Å². The zero-order valence-electron chi connectivity index (χ0n) is 31.4. The average molecular weight is 708 g/mol. The molecule has 0 saturated carbocycles. The molecule has 0 bridgehead atoms. The summed E-state index contributed by atoms with van der Waals surface area (Å²) in [5.41, 5.74) is 13.6. The molecule has 11 rings (SSSR count). The predicted molar refractivity (Wildman–Crippen MR) is 224 cm³/mol. The molecule has 2 aliphatic heterocycles. The quantitative estimate of drug-likeness (QED) is 0.334. The molecule has 0 spiro atoms. The molecule has 1 aromatic carbocycles. The lowest BCUT2D eigenvalue weighted by Crippen LogP contribution is -2.56. The van der Waals surface area contributed by atoms with Crippen molar-refractivity contribution in [1.82, 2.24) is 14.8 Å². The molecule has 3 heterocycles. The Morgan fingerprint density at radius 1 is 0.722 bits per heavy atom. The molecule has 9 aliphatic rings. The normalized spacial score (nSPS) is 34.3. The first-order valence-electron chi connectivity index (χ1n) is 21.2. The Kier molecular flexibility index (Phi) is 8.26. The van der Waals surface area contributed by atoms with Gasteiger partial charge < -0.3 is 9.88 Å². The van der Waals surface area contributed by atoms with E-state index in [1.807, 2.05) is 0 Å². The van der Waals surface area contributed by atoms with E-state index in [-0.39, 0.29) is 6.17 Å². The minimum absolute atomic E-state index is 0.270. The number of benzene rings is 1. The molecule has 1 N–H and O–H groups in total. The van der Waals surface area contributed by atoms with E-state index in [0.29, 0.717) is 47.7 Å². The molecular formula is C51H53N3. The van der Waals surface area contributed by atoms with Crippen LogP contribution in [0, 0.1) is 23.7 Å². The average Bonchev–Trinajstić information content (AvgIpc) is 3.76. The third kappa shape index (κ3) is 5.49. The summed E-state index contributed by atoms with van der Waals surface area (Å²) in [5.74, 6) is 2.35. The monoisotopic (exact) mass is 707 g/mol. The minimum Gasteiger partial charge on any atom is -0.373 e. The molecule has 9 atom stereocenters. The van der Waals surface area contributed by atoms with Crippen LogP contribution < -0.4 is 5.32 Å². The molecule has 3 heteroatoms. The number of allylic oxidation sites excluding steroid dienone is 17. The van der Waals surface area contributed by atoms with E-state index in [2.05, 4.69) is 154 Å². The lowest BCUT2D eigenvalue weighted by atomic mass is 9.74. The highest BCUT2D eigenvalue weighted by molar-refractivity contribution is 5.75. The van der Waals surface area contributed by atoms with Gasteiger partial charge in [-0.05, 0) is 116 Å². The smallest absolute Gasteiger partial charge is 0.0806 e. The topological polar surface area (TPSA) is 20.2 Å². The van der Waals surface area contributed by atoms with Gasteiger partial charge in [0, 0.05) is 52.8 Å². The Hall–Kier alpha value is -4.60. The maximum atomic E-state index is 4.16. The van der Waals surface area contributed by atoms with Crippen LogP contribution in [0.2, 0.25) is 0 Å². The number of hydrogen-bond donors (Lipinski definition) is 1. The number of aromatic nitrogens is 1. The van der Waals surface area contributed by atoms with E-state index >= 15 is 0 Å². The van der Waals surface area contributed by atoms with Crippen LogP contribution in [0.15, 0.2) is 145 Å². The number of nitrogens with zero attached hydrogens (tertiary/aromatic N) is 2. The zero-order chi connectivity index (χ0) is 35.6. The van der Waals surface area contributed by atoms with Crippen molar-refractivity contribution in [3.05, 3.63) is 179 Å². The highest BCUT2D eigenvalue weighted by Crippen LogP contribution is 2.50. The number of fused-ring (bicyclic) bond motifs is 7. The summed E-state index contributed by atoms with van der Waals surface area (Å²) in [7, 11) is 0. The zero-order valence-corrected chi connectivity index (χ0v) is 31.4. The van der Waals surface area contributed by atoms with Gasteiger partial charge in [-0.1, -0.05) is 128 Å². The molecule has 0 amide bonds. The molecule has 2 aromatic rings. The Morgan fingerprint density at radius 3 is 2.56 bits per heavy atom. The van der Waals surface area contributed by atoms with Crippen molar-refractivity contribution in [3.8, 4) is 0 Å². The van der Waals surface area contributed by atoms with E-state index < -0.39 is 0 Å². The van der Waals surface area contributed by atoms with Gasteiger partial charge in [-0.2, -0.15) is 0 Å². The third-order valence-electron chi connectivity index (χ3n) is 14.3. The number of likely N-dealkylation sites (tertiary alicyclic amines) is 1.